The van der Waals surface area contributed by atoms with E-state index in [0.717, 1.165) is 31.0 Å². The van der Waals surface area contributed by atoms with Crippen molar-refractivity contribution in [3.05, 3.63) is 95.7 Å². The fraction of sp³-hybridized carbons (Fsp3) is 0.250. The molecular formula is C24H26N4O. The number of hydrogen-bond acceptors (Lipinski definition) is 4. The Labute approximate surface area is 172 Å². The number of benzene rings is 2. The van der Waals surface area contributed by atoms with Gasteiger partial charge in [0, 0.05) is 45.5 Å². The highest BCUT2D eigenvalue weighted by Crippen LogP contribution is 2.25. The Balaban J connectivity index is 1.54. The molecule has 0 radical (unpaired) electrons. The fourth-order valence-electron chi connectivity index (χ4n) is 3.80. The van der Waals surface area contributed by atoms with Crippen LogP contribution in [-0.2, 0) is 6.54 Å². The van der Waals surface area contributed by atoms with Crippen molar-refractivity contribution in [1.29, 1.82) is 0 Å². The predicted molar refractivity (Wildman–Crippen MR) is 116 cm³/mol. The van der Waals surface area contributed by atoms with Gasteiger partial charge in [-0.25, -0.2) is 4.98 Å². The van der Waals surface area contributed by atoms with Crippen LogP contribution in [0.15, 0.2) is 79.0 Å². The molecule has 4 rings (SSSR count). The minimum atomic E-state index is -0.00764. The van der Waals surface area contributed by atoms with Gasteiger partial charge in [-0.3, -0.25) is 4.79 Å². The Morgan fingerprint density at radius 3 is 2.55 bits per heavy atom. The summed E-state index contributed by atoms with van der Waals surface area (Å²) in [5.41, 5.74) is 3.02. The van der Waals surface area contributed by atoms with E-state index in [9.17, 15) is 4.79 Å². The van der Waals surface area contributed by atoms with Gasteiger partial charge in [-0.05, 0) is 23.3 Å². The van der Waals surface area contributed by atoms with Gasteiger partial charge in [-0.15, -0.1) is 0 Å². The van der Waals surface area contributed by atoms with Gasteiger partial charge in [0.15, 0.2) is 0 Å². The van der Waals surface area contributed by atoms with E-state index in [0.29, 0.717) is 12.1 Å². The van der Waals surface area contributed by atoms with E-state index in [1.54, 1.807) is 11.1 Å². The van der Waals surface area contributed by atoms with Crippen molar-refractivity contribution in [1.82, 2.24) is 15.2 Å². The second-order valence-electron chi connectivity index (χ2n) is 7.38. The standard InChI is InChI=1S/C24H26N4O/c1-27(17-19-9-4-2-5-10-19)24(29)21-13-8-14-26-23(21)28-16-15-25-22(18-28)20-11-6-3-7-12-20/h2-14,22,25H,15-18H2,1H3. The van der Waals surface area contributed by atoms with Crippen molar-refractivity contribution in [2.75, 3.05) is 31.6 Å². The number of amides is 1. The maximum absolute atomic E-state index is 13.2. The molecular weight excluding hydrogens is 360 g/mol. The maximum Gasteiger partial charge on any atom is 0.257 e. The average Bonchev–Trinajstić information content (AvgIpc) is 2.80. The number of carbonyl (C=O) groups is 1. The van der Waals surface area contributed by atoms with E-state index in [4.69, 9.17) is 0 Å². The number of nitrogens with zero attached hydrogens (tertiary/aromatic N) is 3. The van der Waals surface area contributed by atoms with E-state index in [2.05, 4.69) is 39.5 Å². The summed E-state index contributed by atoms with van der Waals surface area (Å²) in [7, 11) is 1.84. The van der Waals surface area contributed by atoms with E-state index in [1.165, 1.54) is 5.56 Å². The maximum atomic E-state index is 13.2. The molecule has 1 fully saturated rings. The molecule has 1 aromatic heterocycles. The van der Waals surface area contributed by atoms with Gasteiger partial charge in [0.2, 0.25) is 0 Å². The normalized spacial score (nSPS) is 16.4. The van der Waals surface area contributed by atoms with Gasteiger partial charge < -0.3 is 15.1 Å². The number of rotatable bonds is 5. The lowest BCUT2D eigenvalue weighted by molar-refractivity contribution is 0.0785. The number of carbonyl (C=O) groups excluding carboxylic acids is 1. The first-order valence-corrected chi connectivity index (χ1v) is 10.00. The molecule has 0 bridgehead atoms. The van der Waals surface area contributed by atoms with Gasteiger partial charge in [-0.1, -0.05) is 60.7 Å². The largest absolute Gasteiger partial charge is 0.353 e. The number of piperazine rings is 1. The topological polar surface area (TPSA) is 48.5 Å². The quantitative estimate of drug-likeness (QED) is 0.729. The van der Waals surface area contributed by atoms with Gasteiger partial charge >= 0.3 is 0 Å². The third-order valence-electron chi connectivity index (χ3n) is 5.30. The molecule has 1 amide bonds. The van der Waals surface area contributed by atoms with E-state index < -0.39 is 0 Å². The number of nitrogens with one attached hydrogen (secondary N) is 1. The fourth-order valence-corrected chi connectivity index (χ4v) is 3.80. The number of anilines is 1. The van der Waals surface area contributed by atoms with E-state index in [1.807, 2.05) is 55.6 Å². The highest BCUT2D eigenvalue weighted by atomic mass is 16.2. The minimum Gasteiger partial charge on any atom is -0.353 e. The Hall–Kier alpha value is -3.18. The summed E-state index contributed by atoms with van der Waals surface area (Å²) < 4.78 is 0. The molecule has 29 heavy (non-hydrogen) atoms. The van der Waals surface area contributed by atoms with Gasteiger partial charge in [-0.2, -0.15) is 0 Å². The molecule has 1 aliphatic rings. The van der Waals surface area contributed by atoms with Crippen LogP contribution < -0.4 is 10.2 Å². The molecule has 2 aromatic carbocycles. The second-order valence-corrected chi connectivity index (χ2v) is 7.38. The Morgan fingerprint density at radius 1 is 1.07 bits per heavy atom. The summed E-state index contributed by atoms with van der Waals surface area (Å²) in [6, 6.07) is 24.4. The van der Waals surface area contributed by atoms with E-state index in [-0.39, 0.29) is 11.9 Å². The summed E-state index contributed by atoms with van der Waals surface area (Å²) in [6.07, 6.45) is 1.77. The van der Waals surface area contributed by atoms with Crippen LogP contribution in [0.1, 0.15) is 27.5 Å². The Morgan fingerprint density at radius 2 is 1.79 bits per heavy atom. The van der Waals surface area contributed by atoms with Crippen LogP contribution in [0.5, 0.6) is 0 Å². The average molecular weight is 386 g/mol. The lowest BCUT2D eigenvalue weighted by atomic mass is 10.0. The summed E-state index contributed by atoms with van der Waals surface area (Å²) >= 11 is 0. The van der Waals surface area contributed by atoms with Crippen molar-refractivity contribution in [3.63, 3.8) is 0 Å². The smallest absolute Gasteiger partial charge is 0.257 e. The van der Waals surface area contributed by atoms with Crippen molar-refractivity contribution >= 4 is 11.7 Å². The molecule has 5 heteroatoms. The zero-order chi connectivity index (χ0) is 20.1. The zero-order valence-electron chi connectivity index (χ0n) is 16.7. The van der Waals surface area contributed by atoms with Crippen LogP contribution in [0.4, 0.5) is 5.82 Å². The molecule has 0 spiro atoms. The first-order valence-electron chi connectivity index (χ1n) is 10.00. The van der Waals surface area contributed by atoms with Crippen molar-refractivity contribution in [3.8, 4) is 0 Å². The SMILES string of the molecule is CN(Cc1ccccc1)C(=O)c1cccnc1N1CCNC(c2ccccc2)C1. The van der Waals surface area contributed by atoms with Crippen LogP contribution in [-0.4, -0.2) is 42.5 Å². The van der Waals surface area contributed by atoms with Crippen LogP contribution in [0.25, 0.3) is 0 Å². The van der Waals surface area contributed by atoms with Crippen LogP contribution in [0.2, 0.25) is 0 Å². The molecule has 0 aliphatic carbocycles. The van der Waals surface area contributed by atoms with Crippen LogP contribution in [0, 0.1) is 0 Å². The summed E-state index contributed by atoms with van der Waals surface area (Å²) in [5, 5.41) is 3.57. The van der Waals surface area contributed by atoms with Gasteiger partial charge in [0.25, 0.3) is 5.91 Å². The first kappa shape index (κ1) is 19.2. The number of pyridine rings is 1. The molecule has 1 N–H and O–H groups in total. The Bertz CT molecular complexity index is 945. The number of aromatic nitrogens is 1. The Kier molecular flexibility index (Phi) is 5.86. The lowest BCUT2D eigenvalue weighted by Crippen LogP contribution is -2.47. The summed E-state index contributed by atoms with van der Waals surface area (Å²) in [6.45, 7) is 3.03. The predicted octanol–water partition coefficient (Wildman–Crippen LogP) is 3.50. The molecule has 2 heterocycles. The minimum absolute atomic E-state index is 0.00764. The number of hydrogen-bond donors (Lipinski definition) is 1. The molecule has 1 atom stereocenters. The van der Waals surface area contributed by atoms with Crippen LogP contribution in [0.3, 0.4) is 0 Å². The molecule has 5 nitrogen and oxygen atoms in total. The summed E-state index contributed by atoms with van der Waals surface area (Å²) in [4.78, 5) is 21.8. The first-order chi connectivity index (χ1) is 14.2. The molecule has 3 aromatic rings. The van der Waals surface area contributed by atoms with Crippen molar-refractivity contribution < 1.29 is 4.79 Å². The van der Waals surface area contributed by atoms with E-state index >= 15 is 0 Å². The highest BCUT2D eigenvalue weighted by molar-refractivity contribution is 5.98. The molecule has 1 unspecified atom stereocenters. The van der Waals surface area contributed by atoms with Gasteiger partial charge in [0.1, 0.15) is 5.82 Å². The van der Waals surface area contributed by atoms with Crippen molar-refractivity contribution in [2.24, 2.45) is 0 Å². The second kappa shape index (κ2) is 8.88. The lowest BCUT2D eigenvalue weighted by Gasteiger charge is -2.35. The molecule has 148 valence electrons. The summed E-state index contributed by atoms with van der Waals surface area (Å²) in [5.74, 6) is 0.756. The molecule has 1 saturated heterocycles. The zero-order valence-corrected chi connectivity index (χ0v) is 16.7. The van der Waals surface area contributed by atoms with Crippen molar-refractivity contribution in [2.45, 2.75) is 12.6 Å². The monoisotopic (exact) mass is 386 g/mol. The molecule has 1 aliphatic heterocycles. The third-order valence-corrected chi connectivity index (χ3v) is 5.30. The van der Waals surface area contributed by atoms with Gasteiger partial charge in [0.05, 0.1) is 5.56 Å². The third kappa shape index (κ3) is 4.46. The highest BCUT2D eigenvalue weighted by Gasteiger charge is 2.26. The van der Waals surface area contributed by atoms with Crippen LogP contribution >= 0.6 is 0 Å². The molecule has 0 saturated carbocycles.